The zero-order valence-electron chi connectivity index (χ0n) is 16.3. The minimum absolute atomic E-state index is 0.0462. The third-order valence-corrected chi connectivity index (χ3v) is 5.78. The molecule has 2 aliphatic rings. The summed E-state index contributed by atoms with van der Waals surface area (Å²) in [7, 11) is 0. The molecule has 0 aromatic heterocycles. The SMILES string of the molecule is CC(C)N1CCN(c2ccc(C(=O)NCCC3CCCNC3)cc2)CC1. The third kappa shape index (κ3) is 5.21. The summed E-state index contributed by atoms with van der Waals surface area (Å²) < 4.78 is 0. The van der Waals surface area contributed by atoms with E-state index in [1.165, 1.54) is 18.5 Å². The molecule has 5 heteroatoms. The summed E-state index contributed by atoms with van der Waals surface area (Å²) in [6.07, 6.45) is 3.60. The molecule has 144 valence electrons. The Balaban J connectivity index is 1.44. The Morgan fingerprint density at radius 1 is 1.19 bits per heavy atom. The van der Waals surface area contributed by atoms with Crippen LogP contribution in [0.25, 0.3) is 0 Å². The molecule has 1 unspecified atom stereocenters. The molecule has 1 aromatic rings. The van der Waals surface area contributed by atoms with E-state index in [1.807, 2.05) is 12.1 Å². The molecule has 1 amide bonds. The van der Waals surface area contributed by atoms with Crippen molar-refractivity contribution >= 4 is 11.6 Å². The smallest absolute Gasteiger partial charge is 0.251 e. The van der Waals surface area contributed by atoms with E-state index in [2.05, 4.69) is 46.4 Å². The number of anilines is 1. The van der Waals surface area contributed by atoms with Crippen LogP contribution in [-0.4, -0.2) is 62.7 Å². The molecule has 2 fully saturated rings. The first-order valence-electron chi connectivity index (χ1n) is 10.2. The third-order valence-electron chi connectivity index (χ3n) is 5.78. The van der Waals surface area contributed by atoms with E-state index < -0.39 is 0 Å². The minimum Gasteiger partial charge on any atom is -0.369 e. The van der Waals surface area contributed by atoms with Gasteiger partial charge in [0.15, 0.2) is 0 Å². The normalized spacial score (nSPS) is 21.8. The maximum absolute atomic E-state index is 12.3. The van der Waals surface area contributed by atoms with Crippen molar-refractivity contribution in [3.63, 3.8) is 0 Å². The maximum Gasteiger partial charge on any atom is 0.251 e. The Kier molecular flexibility index (Phi) is 6.92. The first kappa shape index (κ1) is 19.2. The topological polar surface area (TPSA) is 47.6 Å². The molecule has 0 bridgehead atoms. The fourth-order valence-corrected chi connectivity index (χ4v) is 3.98. The maximum atomic E-state index is 12.3. The fourth-order valence-electron chi connectivity index (χ4n) is 3.98. The summed E-state index contributed by atoms with van der Waals surface area (Å²) in [5, 5.41) is 6.51. The Labute approximate surface area is 158 Å². The van der Waals surface area contributed by atoms with Crippen molar-refractivity contribution in [3.05, 3.63) is 29.8 Å². The Morgan fingerprint density at radius 3 is 2.54 bits per heavy atom. The largest absolute Gasteiger partial charge is 0.369 e. The van der Waals surface area contributed by atoms with Gasteiger partial charge in [0.05, 0.1) is 0 Å². The highest BCUT2D eigenvalue weighted by Gasteiger charge is 2.19. The molecule has 2 heterocycles. The van der Waals surface area contributed by atoms with Crippen LogP contribution in [0, 0.1) is 5.92 Å². The van der Waals surface area contributed by atoms with E-state index in [1.54, 1.807) is 0 Å². The summed E-state index contributed by atoms with van der Waals surface area (Å²) >= 11 is 0. The second-order valence-electron chi connectivity index (χ2n) is 7.92. The van der Waals surface area contributed by atoms with Crippen molar-refractivity contribution in [1.29, 1.82) is 0 Å². The van der Waals surface area contributed by atoms with Crippen LogP contribution >= 0.6 is 0 Å². The molecule has 5 nitrogen and oxygen atoms in total. The Hall–Kier alpha value is -1.59. The summed E-state index contributed by atoms with van der Waals surface area (Å²) in [5.41, 5.74) is 1.98. The Morgan fingerprint density at radius 2 is 1.92 bits per heavy atom. The van der Waals surface area contributed by atoms with Gasteiger partial charge in [-0.15, -0.1) is 0 Å². The predicted molar refractivity (Wildman–Crippen MR) is 108 cm³/mol. The van der Waals surface area contributed by atoms with Crippen molar-refractivity contribution in [3.8, 4) is 0 Å². The van der Waals surface area contributed by atoms with E-state index in [4.69, 9.17) is 0 Å². The molecule has 26 heavy (non-hydrogen) atoms. The number of amides is 1. The van der Waals surface area contributed by atoms with Crippen LogP contribution in [0.1, 0.15) is 43.5 Å². The van der Waals surface area contributed by atoms with Gasteiger partial charge in [0.2, 0.25) is 0 Å². The van der Waals surface area contributed by atoms with Crippen LogP contribution in [0.3, 0.4) is 0 Å². The van der Waals surface area contributed by atoms with Crippen LogP contribution < -0.4 is 15.5 Å². The first-order valence-corrected chi connectivity index (χ1v) is 10.2. The monoisotopic (exact) mass is 358 g/mol. The highest BCUT2D eigenvalue weighted by molar-refractivity contribution is 5.94. The lowest BCUT2D eigenvalue weighted by Crippen LogP contribution is -2.48. The molecule has 0 radical (unpaired) electrons. The van der Waals surface area contributed by atoms with Gasteiger partial charge in [-0.25, -0.2) is 0 Å². The van der Waals surface area contributed by atoms with Gasteiger partial charge >= 0.3 is 0 Å². The number of hydrogen-bond acceptors (Lipinski definition) is 4. The standard InChI is InChI=1S/C21H34N4O/c1-17(2)24-12-14-25(15-13-24)20-7-5-19(6-8-20)21(26)23-11-9-18-4-3-10-22-16-18/h5-8,17-18,22H,3-4,9-16H2,1-2H3,(H,23,26). The van der Waals surface area contributed by atoms with Gasteiger partial charge < -0.3 is 15.5 Å². The quantitative estimate of drug-likeness (QED) is 0.819. The highest BCUT2D eigenvalue weighted by Crippen LogP contribution is 2.18. The van der Waals surface area contributed by atoms with Gasteiger partial charge in [-0.05, 0) is 76.4 Å². The van der Waals surface area contributed by atoms with Gasteiger partial charge in [0, 0.05) is 50.0 Å². The molecular weight excluding hydrogens is 324 g/mol. The number of piperazine rings is 1. The number of hydrogen-bond donors (Lipinski definition) is 2. The van der Waals surface area contributed by atoms with E-state index in [0.717, 1.165) is 57.8 Å². The number of piperidine rings is 1. The summed E-state index contributed by atoms with van der Waals surface area (Å²) in [5.74, 6) is 0.751. The van der Waals surface area contributed by atoms with Crippen molar-refractivity contribution in [2.75, 3.05) is 50.7 Å². The summed E-state index contributed by atoms with van der Waals surface area (Å²) in [6, 6.07) is 8.71. The van der Waals surface area contributed by atoms with Gasteiger partial charge in [-0.1, -0.05) is 0 Å². The molecule has 1 atom stereocenters. The van der Waals surface area contributed by atoms with Crippen LogP contribution in [0.15, 0.2) is 24.3 Å². The van der Waals surface area contributed by atoms with Crippen LogP contribution in [0.2, 0.25) is 0 Å². The molecule has 2 N–H and O–H groups in total. The highest BCUT2D eigenvalue weighted by atomic mass is 16.1. The van der Waals surface area contributed by atoms with E-state index in [9.17, 15) is 4.79 Å². The average Bonchev–Trinajstić information content (AvgIpc) is 2.69. The lowest BCUT2D eigenvalue weighted by Gasteiger charge is -2.38. The van der Waals surface area contributed by atoms with Crippen molar-refractivity contribution in [2.45, 2.75) is 39.2 Å². The molecule has 3 rings (SSSR count). The second-order valence-corrected chi connectivity index (χ2v) is 7.92. The fraction of sp³-hybridized carbons (Fsp3) is 0.667. The molecule has 1 aromatic carbocycles. The molecule has 0 saturated carbocycles. The van der Waals surface area contributed by atoms with Crippen molar-refractivity contribution in [2.24, 2.45) is 5.92 Å². The van der Waals surface area contributed by atoms with E-state index >= 15 is 0 Å². The zero-order valence-corrected chi connectivity index (χ0v) is 16.3. The second kappa shape index (κ2) is 9.38. The molecule has 2 saturated heterocycles. The number of rotatable bonds is 6. The molecule has 0 aliphatic carbocycles. The van der Waals surface area contributed by atoms with Crippen molar-refractivity contribution in [1.82, 2.24) is 15.5 Å². The Bertz CT molecular complexity index is 558. The number of nitrogens with zero attached hydrogens (tertiary/aromatic N) is 2. The van der Waals surface area contributed by atoms with Crippen LogP contribution in [0.5, 0.6) is 0 Å². The summed E-state index contributed by atoms with van der Waals surface area (Å²) in [4.78, 5) is 17.3. The van der Waals surface area contributed by atoms with E-state index in [-0.39, 0.29) is 5.91 Å². The summed E-state index contributed by atoms with van der Waals surface area (Å²) in [6.45, 7) is 11.8. The van der Waals surface area contributed by atoms with Gasteiger partial charge in [0.1, 0.15) is 0 Å². The van der Waals surface area contributed by atoms with Gasteiger partial charge in [0.25, 0.3) is 5.91 Å². The number of carbonyl (C=O) groups excluding carboxylic acids is 1. The van der Waals surface area contributed by atoms with Crippen molar-refractivity contribution < 1.29 is 4.79 Å². The van der Waals surface area contributed by atoms with Gasteiger partial charge in [-0.2, -0.15) is 0 Å². The molecular formula is C21H34N4O. The number of benzene rings is 1. The van der Waals surface area contributed by atoms with Crippen LogP contribution in [0.4, 0.5) is 5.69 Å². The van der Waals surface area contributed by atoms with E-state index in [0.29, 0.717) is 12.0 Å². The lowest BCUT2D eigenvalue weighted by atomic mass is 9.96. The van der Waals surface area contributed by atoms with Crippen LogP contribution in [-0.2, 0) is 0 Å². The first-order chi connectivity index (χ1) is 12.6. The number of nitrogens with one attached hydrogen (secondary N) is 2. The predicted octanol–water partition coefficient (Wildman–Crippen LogP) is 2.34. The number of carbonyl (C=O) groups is 1. The lowest BCUT2D eigenvalue weighted by molar-refractivity contribution is 0.0950. The molecule has 0 spiro atoms. The molecule has 2 aliphatic heterocycles. The average molecular weight is 359 g/mol. The minimum atomic E-state index is 0.0462. The van der Waals surface area contributed by atoms with Gasteiger partial charge in [-0.3, -0.25) is 9.69 Å². The zero-order chi connectivity index (χ0) is 18.4.